The molecule has 3 nitrogen and oxygen atoms in total. The van der Waals surface area contributed by atoms with E-state index < -0.39 is 0 Å². The van der Waals surface area contributed by atoms with Gasteiger partial charge in [-0.15, -0.1) is 22.9 Å². The summed E-state index contributed by atoms with van der Waals surface area (Å²) in [6.45, 7) is 0. The number of nitrogens with zero attached hydrogens (tertiary/aromatic N) is 2. The fourth-order valence-electron chi connectivity index (χ4n) is 2.00. The lowest BCUT2D eigenvalue weighted by Crippen LogP contribution is -1.93. The molecule has 18 heavy (non-hydrogen) atoms. The summed E-state index contributed by atoms with van der Waals surface area (Å²) in [5.41, 5.74) is 3.12. The summed E-state index contributed by atoms with van der Waals surface area (Å²) in [5, 5.41) is 2.08. The van der Waals surface area contributed by atoms with Crippen LogP contribution in [0.15, 0.2) is 35.8 Å². The van der Waals surface area contributed by atoms with Gasteiger partial charge in [-0.1, -0.05) is 12.1 Å². The number of ether oxygens (including phenoxy) is 1. The van der Waals surface area contributed by atoms with E-state index in [1.165, 1.54) is 0 Å². The number of rotatable bonds is 3. The maximum absolute atomic E-state index is 5.95. The lowest BCUT2D eigenvalue weighted by molar-refractivity contribution is 0.416. The minimum absolute atomic E-state index is 0.444. The molecule has 0 N–H and O–H groups in total. The standard InChI is InChI=1S/C13H11ClN2OS/c1-17-12-5-3-2-4-10(12)11-8-18-13-15-7-9(6-14)16(11)13/h2-5,7-8H,6H2,1H3. The van der Waals surface area contributed by atoms with Crippen LogP contribution in [0.2, 0.25) is 0 Å². The van der Waals surface area contributed by atoms with Crippen molar-refractivity contribution in [3.05, 3.63) is 41.5 Å². The number of hydrogen-bond donors (Lipinski definition) is 0. The summed E-state index contributed by atoms with van der Waals surface area (Å²) in [6, 6.07) is 7.95. The first-order valence-corrected chi connectivity index (χ1v) is 6.89. The molecule has 3 rings (SSSR count). The Kier molecular flexibility index (Phi) is 2.97. The Morgan fingerprint density at radius 3 is 3.00 bits per heavy atom. The highest BCUT2D eigenvalue weighted by Gasteiger charge is 2.13. The molecule has 92 valence electrons. The Labute approximate surface area is 114 Å². The van der Waals surface area contributed by atoms with Crippen molar-refractivity contribution in [3.8, 4) is 17.0 Å². The fourth-order valence-corrected chi connectivity index (χ4v) is 3.08. The molecule has 5 heteroatoms. The minimum atomic E-state index is 0.444. The molecule has 0 aliphatic rings. The quantitative estimate of drug-likeness (QED) is 0.681. The van der Waals surface area contributed by atoms with Crippen molar-refractivity contribution >= 4 is 27.9 Å². The van der Waals surface area contributed by atoms with Gasteiger partial charge in [0, 0.05) is 10.9 Å². The van der Waals surface area contributed by atoms with E-state index in [0.29, 0.717) is 5.88 Å². The molecule has 0 bridgehead atoms. The van der Waals surface area contributed by atoms with Gasteiger partial charge in [0.1, 0.15) is 5.75 Å². The van der Waals surface area contributed by atoms with Crippen molar-refractivity contribution in [1.29, 1.82) is 0 Å². The van der Waals surface area contributed by atoms with E-state index in [1.807, 2.05) is 30.5 Å². The van der Waals surface area contributed by atoms with E-state index in [2.05, 4.69) is 14.8 Å². The van der Waals surface area contributed by atoms with E-state index >= 15 is 0 Å². The summed E-state index contributed by atoms with van der Waals surface area (Å²) in [5.74, 6) is 1.30. The van der Waals surface area contributed by atoms with Crippen LogP contribution < -0.4 is 4.74 Å². The van der Waals surface area contributed by atoms with Gasteiger partial charge < -0.3 is 4.74 Å². The Morgan fingerprint density at radius 2 is 2.22 bits per heavy atom. The summed E-state index contributed by atoms with van der Waals surface area (Å²) in [4.78, 5) is 5.30. The van der Waals surface area contributed by atoms with E-state index in [1.54, 1.807) is 18.4 Å². The summed E-state index contributed by atoms with van der Waals surface area (Å²) < 4.78 is 7.48. The fraction of sp³-hybridized carbons (Fsp3) is 0.154. The maximum Gasteiger partial charge on any atom is 0.194 e. The molecule has 0 aliphatic carbocycles. The molecule has 0 radical (unpaired) electrons. The Morgan fingerprint density at radius 1 is 1.39 bits per heavy atom. The maximum atomic E-state index is 5.95. The van der Waals surface area contributed by atoms with Crippen molar-refractivity contribution in [1.82, 2.24) is 9.38 Å². The molecule has 0 amide bonds. The van der Waals surface area contributed by atoms with Crippen LogP contribution in [-0.4, -0.2) is 16.5 Å². The summed E-state index contributed by atoms with van der Waals surface area (Å²) in [6.07, 6.45) is 1.82. The van der Waals surface area contributed by atoms with Crippen LogP contribution in [-0.2, 0) is 5.88 Å². The molecular weight excluding hydrogens is 268 g/mol. The highest BCUT2D eigenvalue weighted by atomic mass is 35.5. The van der Waals surface area contributed by atoms with Crippen molar-refractivity contribution in [3.63, 3.8) is 0 Å². The van der Waals surface area contributed by atoms with E-state index in [-0.39, 0.29) is 0 Å². The average molecular weight is 279 g/mol. The molecule has 2 heterocycles. The Balaban J connectivity index is 2.28. The highest BCUT2D eigenvalue weighted by molar-refractivity contribution is 7.15. The zero-order valence-electron chi connectivity index (χ0n) is 9.76. The molecular formula is C13H11ClN2OS. The first-order chi connectivity index (χ1) is 8.85. The number of alkyl halides is 1. The van der Waals surface area contributed by atoms with Crippen LogP contribution >= 0.6 is 22.9 Å². The second kappa shape index (κ2) is 4.63. The molecule has 0 spiro atoms. The van der Waals surface area contributed by atoms with Gasteiger partial charge in [-0.3, -0.25) is 4.40 Å². The predicted molar refractivity (Wildman–Crippen MR) is 74.6 cm³/mol. The SMILES string of the molecule is COc1ccccc1-c1csc2ncc(CCl)n12. The molecule has 1 aromatic carbocycles. The van der Waals surface area contributed by atoms with Crippen LogP contribution in [0.1, 0.15) is 5.69 Å². The third-order valence-electron chi connectivity index (χ3n) is 2.84. The molecule has 0 aliphatic heterocycles. The van der Waals surface area contributed by atoms with Crippen molar-refractivity contribution in [2.45, 2.75) is 5.88 Å². The van der Waals surface area contributed by atoms with E-state index in [9.17, 15) is 0 Å². The monoisotopic (exact) mass is 278 g/mol. The number of methoxy groups -OCH3 is 1. The van der Waals surface area contributed by atoms with E-state index in [0.717, 1.165) is 27.7 Å². The zero-order chi connectivity index (χ0) is 12.5. The summed E-state index contributed by atoms with van der Waals surface area (Å²) >= 11 is 7.55. The van der Waals surface area contributed by atoms with Crippen LogP contribution in [0.25, 0.3) is 16.2 Å². The normalized spacial score (nSPS) is 11.0. The van der Waals surface area contributed by atoms with Gasteiger partial charge >= 0.3 is 0 Å². The molecule has 0 saturated heterocycles. The first kappa shape index (κ1) is 11.6. The van der Waals surface area contributed by atoms with Gasteiger partial charge in [-0.05, 0) is 12.1 Å². The Bertz CT molecular complexity index is 689. The van der Waals surface area contributed by atoms with Gasteiger partial charge in [0.2, 0.25) is 0 Å². The molecule has 0 atom stereocenters. The third-order valence-corrected chi connectivity index (χ3v) is 3.95. The molecule has 0 unspecified atom stereocenters. The van der Waals surface area contributed by atoms with Crippen LogP contribution in [0, 0.1) is 0 Å². The lowest BCUT2D eigenvalue weighted by Gasteiger charge is -2.08. The lowest BCUT2D eigenvalue weighted by atomic mass is 10.1. The van der Waals surface area contributed by atoms with Gasteiger partial charge in [0.15, 0.2) is 4.96 Å². The molecule has 2 aromatic heterocycles. The van der Waals surface area contributed by atoms with Crippen LogP contribution in [0.3, 0.4) is 0 Å². The van der Waals surface area contributed by atoms with Crippen molar-refractivity contribution in [2.75, 3.05) is 7.11 Å². The predicted octanol–water partition coefficient (Wildman–Crippen LogP) is 3.81. The number of benzene rings is 1. The topological polar surface area (TPSA) is 26.5 Å². The molecule has 3 aromatic rings. The number of aromatic nitrogens is 2. The molecule has 0 fully saturated rings. The van der Waals surface area contributed by atoms with Gasteiger partial charge in [-0.25, -0.2) is 4.98 Å². The number of fused-ring (bicyclic) bond motifs is 1. The smallest absolute Gasteiger partial charge is 0.194 e. The summed E-state index contributed by atoms with van der Waals surface area (Å²) in [7, 11) is 1.68. The number of imidazole rings is 1. The minimum Gasteiger partial charge on any atom is -0.496 e. The second-order valence-electron chi connectivity index (χ2n) is 3.82. The van der Waals surface area contributed by atoms with E-state index in [4.69, 9.17) is 16.3 Å². The van der Waals surface area contributed by atoms with Gasteiger partial charge in [0.25, 0.3) is 0 Å². The largest absolute Gasteiger partial charge is 0.496 e. The second-order valence-corrected chi connectivity index (χ2v) is 4.93. The number of hydrogen-bond acceptors (Lipinski definition) is 3. The van der Waals surface area contributed by atoms with Crippen LogP contribution in [0.5, 0.6) is 5.75 Å². The number of thiazole rings is 1. The highest BCUT2D eigenvalue weighted by Crippen LogP contribution is 2.33. The van der Waals surface area contributed by atoms with Crippen LogP contribution in [0.4, 0.5) is 0 Å². The van der Waals surface area contributed by atoms with Gasteiger partial charge in [0.05, 0.1) is 30.6 Å². The number of para-hydroxylation sites is 1. The zero-order valence-corrected chi connectivity index (χ0v) is 11.3. The van der Waals surface area contributed by atoms with Crippen molar-refractivity contribution < 1.29 is 4.74 Å². The third kappa shape index (κ3) is 1.69. The number of halogens is 1. The first-order valence-electron chi connectivity index (χ1n) is 5.48. The van der Waals surface area contributed by atoms with Crippen molar-refractivity contribution in [2.24, 2.45) is 0 Å². The Hall–Kier alpha value is -1.52. The molecule has 0 saturated carbocycles. The average Bonchev–Trinajstić information content (AvgIpc) is 2.99. The van der Waals surface area contributed by atoms with Gasteiger partial charge in [-0.2, -0.15) is 0 Å².